The zero-order valence-electron chi connectivity index (χ0n) is 11.1. The Morgan fingerprint density at radius 1 is 1.00 bits per heavy atom. The number of aryl methyl sites for hydroxylation is 1. The average Bonchev–Trinajstić information content (AvgIpc) is 2.42. The summed E-state index contributed by atoms with van der Waals surface area (Å²) in [6, 6.07) is 14.3. The molecule has 0 saturated carbocycles. The molecule has 3 nitrogen and oxygen atoms in total. The lowest BCUT2D eigenvalue weighted by atomic mass is 10.1. The predicted molar refractivity (Wildman–Crippen MR) is 90.4 cm³/mol. The number of benzene rings is 2. The standard InChI is InChI=1S/C15H16INO2S/c1-2-3-12-4-10-15(11-5-12)20(18,19)17-14-8-6-13(16)7-9-14/h4-11,17H,2-3H2,1H3. The van der Waals surface area contributed by atoms with Crippen LogP contribution in [0.25, 0.3) is 0 Å². The molecular weight excluding hydrogens is 385 g/mol. The maximum Gasteiger partial charge on any atom is 0.261 e. The molecule has 20 heavy (non-hydrogen) atoms. The highest BCUT2D eigenvalue weighted by atomic mass is 127. The van der Waals surface area contributed by atoms with E-state index in [2.05, 4.69) is 34.2 Å². The van der Waals surface area contributed by atoms with Gasteiger partial charge in [0.15, 0.2) is 0 Å². The minimum atomic E-state index is -3.51. The number of anilines is 1. The molecule has 0 unspecified atom stereocenters. The molecule has 0 aliphatic carbocycles. The Balaban J connectivity index is 2.19. The van der Waals surface area contributed by atoms with Crippen molar-refractivity contribution in [3.05, 3.63) is 57.7 Å². The molecule has 0 bridgehead atoms. The Hall–Kier alpha value is -1.08. The van der Waals surface area contributed by atoms with Crippen molar-refractivity contribution in [2.45, 2.75) is 24.7 Å². The number of rotatable bonds is 5. The van der Waals surface area contributed by atoms with Gasteiger partial charge in [0, 0.05) is 9.26 Å². The maximum absolute atomic E-state index is 12.2. The Kier molecular flexibility index (Phi) is 5.04. The molecule has 2 aromatic carbocycles. The van der Waals surface area contributed by atoms with Gasteiger partial charge in [0.2, 0.25) is 0 Å². The molecule has 106 valence electrons. The number of hydrogen-bond donors (Lipinski definition) is 1. The normalized spacial score (nSPS) is 11.3. The number of sulfonamides is 1. The van der Waals surface area contributed by atoms with Gasteiger partial charge in [-0.15, -0.1) is 0 Å². The van der Waals surface area contributed by atoms with E-state index >= 15 is 0 Å². The van der Waals surface area contributed by atoms with E-state index in [0.29, 0.717) is 5.69 Å². The van der Waals surface area contributed by atoms with Crippen molar-refractivity contribution in [1.82, 2.24) is 0 Å². The molecule has 2 rings (SSSR count). The lowest BCUT2D eigenvalue weighted by Crippen LogP contribution is -2.12. The first-order valence-electron chi connectivity index (χ1n) is 6.38. The van der Waals surface area contributed by atoms with Crippen molar-refractivity contribution in [3.8, 4) is 0 Å². The molecule has 0 aliphatic rings. The second-order valence-electron chi connectivity index (χ2n) is 4.51. The van der Waals surface area contributed by atoms with Crippen LogP contribution in [0.3, 0.4) is 0 Å². The third kappa shape index (κ3) is 3.96. The van der Waals surface area contributed by atoms with E-state index in [9.17, 15) is 8.42 Å². The van der Waals surface area contributed by atoms with E-state index in [1.807, 2.05) is 24.3 Å². The molecule has 5 heteroatoms. The molecule has 1 N–H and O–H groups in total. The highest BCUT2D eigenvalue weighted by Gasteiger charge is 2.13. The Morgan fingerprint density at radius 2 is 1.60 bits per heavy atom. The molecule has 0 atom stereocenters. The van der Waals surface area contributed by atoms with Crippen LogP contribution in [-0.2, 0) is 16.4 Å². The van der Waals surface area contributed by atoms with Gasteiger partial charge in [-0.3, -0.25) is 4.72 Å². The summed E-state index contributed by atoms with van der Waals surface area (Å²) in [5.74, 6) is 0. The van der Waals surface area contributed by atoms with Gasteiger partial charge in [-0.1, -0.05) is 25.5 Å². The Morgan fingerprint density at radius 3 is 2.15 bits per heavy atom. The van der Waals surface area contributed by atoms with Gasteiger partial charge in [-0.05, 0) is 71.0 Å². The second-order valence-corrected chi connectivity index (χ2v) is 7.43. The third-order valence-corrected chi connectivity index (χ3v) is 4.99. The maximum atomic E-state index is 12.2. The summed E-state index contributed by atoms with van der Waals surface area (Å²) in [5.41, 5.74) is 1.73. The molecule has 0 spiro atoms. The summed E-state index contributed by atoms with van der Waals surface area (Å²) in [4.78, 5) is 0.288. The van der Waals surface area contributed by atoms with Crippen LogP contribution < -0.4 is 4.72 Å². The van der Waals surface area contributed by atoms with Crippen molar-refractivity contribution < 1.29 is 8.42 Å². The molecule has 0 aromatic heterocycles. The summed E-state index contributed by atoms with van der Waals surface area (Å²) in [6.45, 7) is 2.10. The van der Waals surface area contributed by atoms with Crippen molar-refractivity contribution in [2.75, 3.05) is 4.72 Å². The van der Waals surface area contributed by atoms with Gasteiger partial charge in [0.05, 0.1) is 4.90 Å². The van der Waals surface area contributed by atoms with Gasteiger partial charge >= 0.3 is 0 Å². The number of nitrogens with one attached hydrogen (secondary N) is 1. The van der Waals surface area contributed by atoms with Crippen LogP contribution >= 0.6 is 22.6 Å². The molecule has 2 aromatic rings. The largest absolute Gasteiger partial charge is 0.280 e. The van der Waals surface area contributed by atoms with E-state index in [1.165, 1.54) is 0 Å². The number of halogens is 1. The van der Waals surface area contributed by atoms with Crippen LogP contribution in [0.15, 0.2) is 53.4 Å². The van der Waals surface area contributed by atoms with E-state index in [4.69, 9.17) is 0 Å². The van der Waals surface area contributed by atoms with Crippen molar-refractivity contribution >= 4 is 38.3 Å². The minimum absolute atomic E-state index is 0.288. The topological polar surface area (TPSA) is 46.2 Å². The summed E-state index contributed by atoms with van der Waals surface area (Å²) < 4.78 is 28.1. The van der Waals surface area contributed by atoms with Crippen molar-refractivity contribution in [2.24, 2.45) is 0 Å². The third-order valence-electron chi connectivity index (χ3n) is 2.87. The first-order chi connectivity index (χ1) is 9.51. The lowest BCUT2D eigenvalue weighted by molar-refractivity contribution is 0.601. The van der Waals surface area contributed by atoms with E-state index < -0.39 is 10.0 Å². The molecule has 0 aliphatic heterocycles. The van der Waals surface area contributed by atoms with Crippen LogP contribution in [-0.4, -0.2) is 8.42 Å². The van der Waals surface area contributed by atoms with Crippen LogP contribution in [0.1, 0.15) is 18.9 Å². The van der Waals surface area contributed by atoms with Crippen LogP contribution in [0, 0.1) is 3.57 Å². The first-order valence-corrected chi connectivity index (χ1v) is 8.95. The fourth-order valence-corrected chi connectivity index (χ4v) is 3.27. The Labute approximate surface area is 133 Å². The summed E-state index contributed by atoms with van der Waals surface area (Å²) in [5, 5.41) is 0. The quantitative estimate of drug-likeness (QED) is 0.769. The van der Waals surface area contributed by atoms with Gasteiger partial charge in [-0.2, -0.15) is 0 Å². The Bertz CT molecular complexity index is 664. The van der Waals surface area contributed by atoms with E-state index in [1.54, 1.807) is 24.3 Å². The smallest absolute Gasteiger partial charge is 0.261 e. The van der Waals surface area contributed by atoms with Gasteiger partial charge in [0.25, 0.3) is 10.0 Å². The highest BCUT2D eigenvalue weighted by Crippen LogP contribution is 2.18. The zero-order valence-corrected chi connectivity index (χ0v) is 14.1. The van der Waals surface area contributed by atoms with Crippen molar-refractivity contribution in [1.29, 1.82) is 0 Å². The molecule has 0 amide bonds. The molecule has 0 heterocycles. The number of hydrogen-bond acceptors (Lipinski definition) is 2. The SMILES string of the molecule is CCCc1ccc(S(=O)(=O)Nc2ccc(I)cc2)cc1. The minimum Gasteiger partial charge on any atom is -0.280 e. The molecule has 0 saturated heterocycles. The monoisotopic (exact) mass is 401 g/mol. The fraction of sp³-hybridized carbons (Fsp3) is 0.200. The second kappa shape index (κ2) is 6.58. The van der Waals surface area contributed by atoms with Crippen LogP contribution in [0.5, 0.6) is 0 Å². The highest BCUT2D eigenvalue weighted by molar-refractivity contribution is 14.1. The molecule has 0 fully saturated rings. The molecule has 0 radical (unpaired) electrons. The van der Waals surface area contributed by atoms with E-state index in [0.717, 1.165) is 22.0 Å². The zero-order chi connectivity index (χ0) is 14.6. The van der Waals surface area contributed by atoms with Crippen molar-refractivity contribution in [3.63, 3.8) is 0 Å². The van der Waals surface area contributed by atoms with Gasteiger partial charge < -0.3 is 0 Å². The van der Waals surface area contributed by atoms with Crippen LogP contribution in [0.2, 0.25) is 0 Å². The van der Waals surface area contributed by atoms with Gasteiger partial charge in [-0.25, -0.2) is 8.42 Å². The molecular formula is C15H16INO2S. The van der Waals surface area contributed by atoms with E-state index in [-0.39, 0.29) is 4.90 Å². The predicted octanol–water partition coefficient (Wildman–Crippen LogP) is 4.04. The summed E-state index contributed by atoms with van der Waals surface area (Å²) >= 11 is 2.18. The average molecular weight is 401 g/mol. The summed E-state index contributed by atoms with van der Waals surface area (Å²) in [7, 11) is -3.51. The fourth-order valence-electron chi connectivity index (χ4n) is 1.86. The lowest BCUT2D eigenvalue weighted by Gasteiger charge is -2.08. The van der Waals surface area contributed by atoms with Gasteiger partial charge in [0.1, 0.15) is 0 Å². The summed E-state index contributed by atoms with van der Waals surface area (Å²) in [6.07, 6.45) is 2.01. The first kappa shape index (κ1) is 15.3. The van der Waals surface area contributed by atoms with Crippen LogP contribution in [0.4, 0.5) is 5.69 Å².